The molecule has 0 bridgehead atoms. The Morgan fingerprint density at radius 1 is 1.33 bits per heavy atom. The zero-order valence-corrected chi connectivity index (χ0v) is 10.2. The van der Waals surface area contributed by atoms with E-state index in [2.05, 4.69) is 0 Å². The van der Waals surface area contributed by atoms with Crippen LogP contribution >= 0.6 is 0 Å². The number of hydrogen-bond acceptors (Lipinski definition) is 3. The van der Waals surface area contributed by atoms with Gasteiger partial charge in [-0.15, -0.1) is 0 Å². The topological polar surface area (TPSA) is 60.8 Å². The van der Waals surface area contributed by atoms with Gasteiger partial charge in [-0.25, -0.2) is 0 Å². The maximum absolute atomic E-state index is 11.9. The number of aliphatic hydroxyl groups is 2. The maximum atomic E-state index is 11.9. The third-order valence-corrected chi connectivity index (χ3v) is 2.51. The van der Waals surface area contributed by atoms with Crippen LogP contribution in [-0.4, -0.2) is 45.8 Å². The lowest BCUT2D eigenvalue weighted by Crippen LogP contribution is -2.50. The third kappa shape index (κ3) is 4.18. The van der Waals surface area contributed by atoms with Crippen molar-refractivity contribution in [2.24, 2.45) is 0 Å². The van der Waals surface area contributed by atoms with Gasteiger partial charge in [-0.2, -0.15) is 0 Å². The number of rotatable bonds is 6. The molecule has 0 fully saturated rings. The summed E-state index contributed by atoms with van der Waals surface area (Å²) in [5.41, 5.74) is -1.36. The molecule has 0 aromatic heterocycles. The Balaban J connectivity index is 4.71. The van der Waals surface area contributed by atoms with Crippen molar-refractivity contribution in [3.05, 3.63) is 0 Å². The number of hydrogen-bond donors (Lipinski definition) is 2. The Bertz CT molecular complexity index is 194. The SMILES string of the molecule is CCC(CC)N(CCO)C(=O)C(C)(C)O. The molecule has 15 heavy (non-hydrogen) atoms. The van der Waals surface area contributed by atoms with Gasteiger partial charge < -0.3 is 15.1 Å². The van der Waals surface area contributed by atoms with E-state index < -0.39 is 5.60 Å². The summed E-state index contributed by atoms with van der Waals surface area (Å²) in [5, 5.41) is 18.6. The van der Waals surface area contributed by atoms with Gasteiger partial charge in [0.1, 0.15) is 5.60 Å². The number of nitrogens with zero attached hydrogens (tertiary/aromatic N) is 1. The first-order valence-electron chi connectivity index (χ1n) is 5.52. The van der Waals surface area contributed by atoms with Crippen molar-refractivity contribution in [1.29, 1.82) is 0 Å². The molecule has 0 unspecified atom stereocenters. The molecule has 0 aliphatic carbocycles. The maximum Gasteiger partial charge on any atom is 0.254 e. The molecular formula is C11H23NO3. The van der Waals surface area contributed by atoms with Crippen molar-refractivity contribution in [3.8, 4) is 0 Å². The lowest BCUT2D eigenvalue weighted by Gasteiger charge is -2.34. The van der Waals surface area contributed by atoms with E-state index in [9.17, 15) is 9.90 Å². The van der Waals surface area contributed by atoms with Crippen molar-refractivity contribution in [3.63, 3.8) is 0 Å². The molecule has 0 saturated carbocycles. The van der Waals surface area contributed by atoms with E-state index in [0.29, 0.717) is 0 Å². The van der Waals surface area contributed by atoms with Crippen LogP contribution in [0, 0.1) is 0 Å². The zero-order valence-electron chi connectivity index (χ0n) is 10.2. The summed E-state index contributed by atoms with van der Waals surface area (Å²) < 4.78 is 0. The standard InChI is InChI=1S/C11H23NO3/c1-5-9(6-2)12(7-8-13)10(14)11(3,4)15/h9,13,15H,5-8H2,1-4H3. The van der Waals surface area contributed by atoms with Gasteiger partial charge in [-0.1, -0.05) is 13.8 Å². The molecule has 0 rings (SSSR count). The molecule has 0 atom stereocenters. The second-order valence-corrected chi connectivity index (χ2v) is 4.25. The van der Waals surface area contributed by atoms with E-state index >= 15 is 0 Å². The van der Waals surface area contributed by atoms with Gasteiger partial charge in [0.2, 0.25) is 0 Å². The van der Waals surface area contributed by atoms with Crippen LogP contribution in [0.3, 0.4) is 0 Å². The Morgan fingerprint density at radius 3 is 2.07 bits per heavy atom. The normalized spacial score (nSPS) is 11.9. The van der Waals surface area contributed by atoms with Gasteiger partial charge in [0.25, 0.3) is 5.91 Å². The van der Waals surface area contributed by atoms with Crippen LogP contribution in [0.2, 0.25) is 0 Å². The Labute approximate surface area is 91.9 Å². The smallest absolute Gasteiger partial charge is 0.254 e. The first kappa shape index (κ1) is 14.4. The fourth-order valence-corrected chi connectivity index (χ4v) is 1.64. The number of amides is 1. The van der Waals surface area contributed by atoms with Gasteiger partial charge >= 0.3 is 0 Å². The molecule has 1 amide bonds. The molecule has 0 aliphatic heterocycles. The summed E-state index contributed by atoms with van der Waals surface area (Å²) >= 11 is 0. The molecule has 0 saturated heterocycles. The van der Waals surface area contributed by atoms with Crippen molar-refractivity contribution < 1.29 is 15.0 Å². The van der Waals surface area contributed by atoms with Gasteiger partial charge in [0.15, 0.2) is 0 Å². The number of aliphatic hydroxyl groups excluding tert-OH is 1. The highest BCUT2D eigenvalue weighted by molar-refractivity contribution is 5.84. The molecule has 0 aliphatic rings. The molecule has 0 radical (unpaired) electrons. The Kier molecular flexibility index (Phi) is 5.83. The fraction of sp³-hybridized carbons (Fsp3) is 0.909. The predicted octanol–water partition coefficient (Wildman–Crippen LogP) is 0.767. The monoisotopic (exact) mass is 217 g/mol. The quantitative estimate of drug-likeness (QED) is 0.690. The number of carbonyl (C=O) groups is 1. The second-order valence-electron chi connectivity index (χ2n) is 4.25. The van der Waals surface area contributed by atoms with Crippen LogP contribution < -0.4 is 0 Å². The average molecular weight is 217 g/mol. The Hall–Kier alpha value is -0.610. The molecule has 0 aromatic rings. The lowest BCUT2D eigenvalue weighted by atomic mass is 10.0. The minimum Gasteiger partial charge on any atom is -0.395 e. The molecule has 0 spiro atoms. The van der Waals surface area contributed by atoms with Crippen LogP contribution in [0.4, 0.5) is 0 Å². The molecule has 0 aromatic carbocycles. The molecule has 2 N–H and O–H groups in total. The van der Waals surface area contributed by atoms with Crippen LogP contribution in [0.5, 0.6) is 0 Å². The van der Waals surface area contributed by atoms with Crippen molar-refractivity contribution in [2.75, 3.05) is 13.2 Å². The molecule has 90 valence electrons. The van der Waals surface area contributed by atoms with Crippen LogP contribution in [-0.2, 0) is 4.79 Å². The Morgan fingerprint density at radius 2 is 1.80 bits per heavy atom. The van der Waals surface area contributed by atoms with E-state index in [1.807, 2.05) is 13.8 Å². The summed E-state index contributed by atoms with van der Waals surface area (Å²) in [4.78, 5) is 13.4. The summed E-state index contributed by atoms with van der Waals surface area (Å²) in [6, 6.07) is 0.0936. The molecule has 4 heteroatoms. The largest absolute Gasteiger partial charge is 0.395 e. The van der Waals surface area contributed by atoms with Crippen LogP contribution in [0.15, 0.2) is 0 Å². The van der Waals surface area contributed by atoms with E-state index in [1.165, 1.54) is 13.8 Å². The zero-order chi connectivity index (χ0) is 12.1. The second kappa shape index (κ2) is 6.08. The summed E-state index contributed by atoms with van der Waals surface area (Å²) in [7, 11) is 0. The summed E-state index contributed by atoms with van der Waals surface area (Å²) in [6.45, 7) is 7.16. The molecule has 4 nitrogen and oxygen atoms in total. The summed E-state index contributed by atoms with van der Waals surface area (Å²) in [6.07, 6.45) is 1.66. The van der Waals surface area contributed by atoms with Crippen molar-refractivity contribution in [2.45, 2.75) is 52.2 Å². The first-order valence-corrected chi connectivity index (χ1v) is 5.52. The van der Waals surface area contributed by atoms with E-state index in [1.54, 1.807) is 4.90 Å². The van der Waals surface area contributed by atoms with Crippen molar-refractivity contribution in [1.82, 2.24) is 4.90 Å². The molecular weight excluding hydrogens is 194 g/mol. The third-order valence-electron chi connectivity index (χ3n) is 2.51. The highest BCUT2D eigenvalue weighted by Gasteiger charge is 2.31. The van der Waals surface area contributed by atoms with Crippen LogP contribution in [0.1, 0.15) is 40.5 Å². The fourth-order valence-electron chi connectivity index (χ4n) is 1.64. The molecule has 0 heterocycles. The van der Waals surface area contributed by atoms with Crippen LogP contribution in [0.25, 0.3) is 0 Å². The summed E-state index contributed by atoms with van der Waals surface area (Å²) in [5.74, 6) is -0.315. The van der Waals surface area contributed by atoms with Gasteiger partial charge in [-0.3, -0.25) is 4.79 Å². The predicted molar refractivity (Wildman–Crippen MR) is 59.5 cm³/mol. The first-order chi connectivity index (χ1) is 6.88. The van der Waals surface area contributed by atoms with Gasteiger partial charge in [0, 0.05) is 12.6 Å². The van der Waals surface area contributed by atoms with Gasteiger partial charge in [-0.05, 0) is 26.7 Å². The number of carbonyl (C=O) groups excluding carboxylic acids is 1. The van der Waals surface area contributed by atoms with Gasteiger partial charge in [0.05, 0.1) is 6.61 Å². The van der Waals surface area contributed by atoms with E-state index in [-0.39, 0.29) is 25.1 Å². The minimum atomic E-state index is -1.36. The lowest BCUT2D eigenvalue weighted by molar-refractivity contribution is -0.151. The highest BCUT2D eigenvalue weighted by Crippen LogP contribution is 2.14. The highest BCUT2D eigenvalue weighted by atomic mass is 16.3. The average Bonchev–Trinajstić information content (AvgIpc) is 2.16. The van der Waals surface area contributed by atoms with E-state index in [4.69, 9.17) is 5.11 Å². The minimum absolute atomic E-state index is 0.0711. The van der Waals surface area contributed by atoms with Crippen molar-refractivity contribution >= 4 is 5.91 Å². The van der Waals surface area contributed by atoms with E-state index in [0.717, 1.165) is 12.8 Å².